The fourth-order valence-corrected chi connectivity index (χ4v) is 3.26. The average Bonchev–Trinajstić information content (AvgIpc) is 2.66. The molecule has 0 bridgehead atoms. The van der Waals surface area contributed by atoms with Crippen molar-refractivity contribution in [2.24, 2.45) is 0 Å². The van der Waals surface area contributed by atoms with Crippen LogP contribution in [0.5, 0.6) is 17.2 Å². The molecule has 4 heteroatoms. The molecule has 30 heavy (non-hydrogen) atoms. The summed E-state index contributed by atoms with van der Waals surface area (Å²) in [4.78, 5) is 12.7. The molecule has 0 aliphatic carbocycles. The summed E-state index contributed by atoms with van der Waals surface area (Å²) < 4.78 is 0. The van der Waals surface area contributed by atoms with Crippen LogP contribution in [0.25, 0.3) is 0 Å². The molecule has 2 rings (SSSR count). The topological polar surface area (TPSA) is 77.8 Å². The Hall–Kier alpha value is -3.01. The van der Waals surface area contributed by atoms with Gasteiger partial charge in [-0.05, 0) is 58.9 Å². The molecule has 0 unspecified atom stereocenters. The Morgan fingerprint density at radius 1 is 0.933 bits per heavy atom. The third kappa shape index (κ3) is 6.51. The summed E-state index contributed by atoms with van der Waals surface area (Å²) in [5, 5.41) is 31.0. The molecule has 0 heterocycles. The molecular formula is C26H32O4. The largest absolute Gasteiger partial charge is 0.507 e. The van der Waals surface area contributed by atoms with Crippen LogP contribution in [-0.2, 0) is 12.8 Å². The maximum Gasteiger partial charge on any atom is 0.170 e. The van der Waals surface area contributed by atoms with Crippen LogP contribution in [0.4, 0.5) is 0 Å². The molecular weight excluding hydrogens is 376 g/mol. The van der Waals surface area contributed by atoms with Gasteiger partial charge in [0.1, 0.15) is 22.8 Å². The van der Waals surface area contributed by atoms with Gasteiger partial charge in [0, 0.05) is 18.1 Å². The van der Waals surface area contributed by atoms with E-state index in [4.69, 9.17) is 0 Å². The Kier molecular flexibility index (Phi) is 8.28. The Morgan fingerprint density at radius 2 is 1.60 bits per heavy atom. The van der Waals surface area contributed by atoms with Crippen molar-refractivity contribution >= 4 is 5.78 Å². The molecule has 0 aliphatic rings. The Morgan fingerprint density at radius 3 is 2.23 bits per heavy atom. The molecule has 2 aromatic carbocycles. The van der Waals surface area contributed by atoms with Crippen molar-refractivity contribution in [3.05, 3.63) is 75.9 Å². The van der Waals surface area contributed by atoms with E-state index < -0.39 is 5.75 Å². The third-order valence-electron chi connectivity index (χ3n) is 5.15. The van der Waals surface area contributed by atoms with Crippen molar-refractivity contribution in [3.63, 3.8) is 0 Å². The Labute approximate surface area is 179 Å². The standard InChI is InChI=1S/C26H32O4/c1-17(2)6-5-7-18(3)10-14-21-23(28)16-24(29)25(26(21)30)22(27)15-13-20-11-8-19(4)9-12-20/h6,8-12,16,28-30H,5,7,13-15H2,1-4H3/b18-10+. The van der Waals surface area contributed by atoms with Crippen LogP contribution in [0.15, 0.2) is 53.6 Å². The van der Waals surface area contributed by atoms with Crippen molar-refractivity contribution < 1.29 is 20.1 Å². The van der Waals surface area contributed by atoms with Gasteiger partial charge in [-0.2, -0.15) is 0 Å². The Balaban J connectivity index is 2.15. The summed E-state index contributed by atoms with van der Waals surface area (Å²) in [6.07, 6.45) is 6.87. The quantitative estimate of drug-likeness (QED) is 0.343. The number of rotatable bonds is 9. The maximum absolute atomic E-state index is 12.7. The summed E-state index contributed by atoms with van der Waals surface area (Å²) in [6.45, 7) is 8.12. The lowest BCUT2D eigenvalue weighted by atomic mass is 9.96. The number of carbonyl (C=O) groups is 1. The van der Waals surface area contributed by atoms with Gasteiger partial charge in [0.05, 0.1) is 0 Å². The number of carbonyl (C=O) groups excluding carboxylic acids is 1. The number of phenols is 3. The van der Waals surface area contributed by atoms with E-state index in [1.54, 1.807) is 0 Å². The summed E-state index contributed by atoms with van der Waals surface area (Å²) in [5.74, 6) is -1.30. The molecule has 0 amide bonds. The van der Waals surface area contributed by atoms with Crippen molar-refractivity contribution in [2.75, 3.05) is 0 Å². The van der Waals surface area contributed by atoms with Crippen molar-refractivity contribution in [1.82, 2.24) is 0 Å². The van der Waals surface area contributed by atoms with Crippen LogP contribution in [0.3, 0.4) is 0 Å². The lowest BCUT2D eigenvalue weighted by Crippen LogP contribution is -2.04. The number of hydrogen-bond donors (Lipinski definition) is 3. The molecule has 0 fully saturated rings. The van der Waals surface area contributed by atoms with Crippen molar-refractivity contribution in [3.8, 4) is 17.2 Å². The fraction of sp³-hybridized carbons (Fsp3) is 0.346. The van der Waals surface area contributed by atoms with E-state index in [9.17, 15) is 20.1 Å². The monoisotopic (exact) mass is 408 g/mol. The van der Waals surface area contributed by atoms with Crippen LogP contribution < -0.4 is 0 Å². The Bertz CT molecular complexity index is 946. The molecule has 2 aromatic rings. The number of aromatic hydroxyl groups is 3. The van der Waals surface area contributed by atoms with E-state index in [-0.39, 0.29) is 41.3 Å². The van der Waals surface area contributed by atoms with Crippen LogP contribution in [-0.4, -0.2) is 21.1 Å². The first-order chi connectivity index (χ1) is 14.2. The molecule has 0 spiro atoms. The van der Waals surface area contributed by atoms with E-state index in [1.807, 2.05) is 44.2 Å². The number of allylic oxidation sites excluding steroid dienone is 4. The average molecular weight is 409 g/mol. The minimum Gasteiger partial charge on any atom is -0.507 e. The molecule has 0 saturated heterocycles. The van der Waals surface area contributed by atoms with Gasteiger partial charge in [-0.3, -0.25) is 4.79 Å². The molecule has 3 N–H and O–H groups in total. The van der Waals surface area contributed by atoms with Crippen LogP contribution >= 0.6 is 0 Å². The number of Topliss-reactive ketones (excluding diaryl/α,β-unsaturated/α-hetero) is 1. The molecule has 160 valence electrons. The van der Waals surface area contributed by atoms with Crippen LogP contribution in [0, 0.1) is 6.92 Å². The van der Waals surface area contributed by atoms with Gasteiger partial charge in [-0.25, -0.2) is 0 Å². The molecule has 0 radical (unpaired) electrons. The molecule has 0 saturated carbocycles. The lowest BCUT2D eigenvalue weighted by molar-refractivity contribution is 0.0977. The van der Waals surface area contributed by atoms with Gasteiger partial charge in [-0.15, -0.1) is 0 Å². The van der Waals surface area contributed by atoms with Gasteiger partial charge in [0.15, 0.2) is 5.78 Å². The molecule has 0 aliphatic heterocycles. The summed E-state index contributed by atoms with van der Waals surface area (Å²) in [5.41, 5.74) is 4.70. The number of hydrogen-bond acceptors (Lipinski definition) is 4. The summed E-state index contributed by atoms with van der Waals surface area (Å²) in [7, 11) is 0. The van der Waals surface area contributed by atoms with Crippen LogP contribution in [0.2, 0.25) is 0 Å². The van der Waals surface area contributed by atoms with Gasteiger partial charge < -0.3 is 15.3 Å². The minimum atomic E-state index is -0.396. The lowest BCUT2D eigenvalue weighted by Gasteiger charge is -2.13. The number of benzene rings is 2. The van der Waals surface area contributed by atoms with Gasteiger partial charge in [0.2, 0.25) is 0 Å². The first-order valence-corrected chi connectivity index (χ1v) is 10.3. The van der Waals surface area contributed by atoms with E-state index in [0.717, 1.165) is 35.6 Å². The predicted molar refractivity (Wildman–Crippen MR) is 121 cm³/mol. The van der Waals surface area contributed by atoms with E-state index in [0.29, 0.717) is 6.42 Å². The van der Waals surface area contributed by atoms with E-state index in [2.05, 4.69) is 19.9 Å². The zero-order valence-electron chi connectivity index (χ0n) is 18.3. The highest BCUT2D eigenvalue weighted by Gasteiger charge is 2.22. The van der Waals surface area contributed by atoms with Crippen molar-refractivity contribution in [1.29, 1.82) is 0 Å². The summed E-state index contributed by atoms with van der Waals surface area (Å²) in [6, 6.07) is 9.04. The molecule has 4 nitrogen and oxygen atoms in total. The van der Waals surface area contributed by atoms with E-state index >= 15 is 0 Å². The number of ketones is 1. The zero-order valence-corrected chi connectivity index (χ0v) is 18.3. The molecule has 0 aromatic heterocycles. The third-order valence-corrected chi connectivity index (χ3v) is 5.15. The second-order valence-electron chi connectivity index (χ2n) is 8.10. The van der Waals surface area contributed by atoms with Gasteiger partial charge >= 0.3 is 0 Å². The second-order valence-corrected chi connectivity index (χ2v) is 8.10. The normalized spacial score (nSPS) is 11.4. The number of aryl methyl sites for hydroxylation is 2. The predicted octanol–water partition coefficient (Wildman–Crippen LogP) is 6.16. The molecule has 0 atom stereocenters. The minimum absolute atomic E-state index is 0.120. The highest BCUT2D eigenvalue weighted by Crippen LogP contribution is 2.39. The fourth-order valence-electron chi connectivity index (χ4n) is 3.26. The number of phenolic OH excluding ortho intramolecular Hbond substituents is 3. The SMILES string of the molecule is CC(C)=CCC/C(C)=C/Cc1c(O)cc(O)c(C(=O)CCc2ccc(C)cc2)c1O. The smallest absolute Gasteiger partial charge is 0.170 e. The highest BCUT2D eigenvalue weighted by atomic mass is 16.3. The van der Waals surface area contributed by atoms with E-state index in [1.165, 1.54) is 5.57 Å². The maximum atomic E-state index is 12.7. The second kappa shape index (κ2) is 10.7. The highest BCUT2D eigenvalue weighted by molar-refractivity contribution is 6.02. The van der Waals surface area contributed by atoms with Crippen LogP contribution in [0.1, 0.15) is 67.1 Å². The first-order valence-electron chi connectivity index (χ1n) is 10.3. The summed E-state index contributed by atoms with van der Waals surface area (Å²) >= 11 is 0. The zero-order chi connectivity index (χ0) is 22.3. The first kappa shape index (κ1) is 23.3. The van der Waals surface area contributed by atoms with Gasteiger partial charge in [0.25, 0.3) is 0 Å². The van der Waals surface area contributed by atoms with Crippen molar-refractivity contribution in [2.45, 2.75) is 59.8 Å². The van der Waals surface area contributed by atoms with Gasteiger partial charge in [-0.1, -0.05) is 53.1 Å².